The molecule has 0 spiro atoms. The predicted octanol–water partition coefficient (Wildman–Crippen LogP) is 5.20. The van der Waals surface area contributed by atoms with Gasteiger partial charge in [0.15, 0.2) is 0 Å². The molecule has 1 aromatic heterocycles. The Morgan fingerprint density at radius 3 is 2.36 bits per heavy atom. The van der Waals surface area contributed by atoms with E-state index in [9.17, 15) is 4.79 Å². The number of hydrogen-bond acceptors (Lipinski definition) is 2. The Morgan fingerprint density at radius 2 is 1.77 bits per heavy atom. The summed E-state index contributed by atoms with van der Waals surface area (Å²) in [5.74, 6) is 0.734. The summed E-state index contributed by atoms with van der Waals surface area (Å²) in [4.78, 5) is 15.1. The summed E-state index contributed by atoms with van der Waals surface area (Å²) in [6, 6.07) is 14.7. The minimum absolute atomic E-state index is 0.0973. The Balaban J connectivity index is 1.60. The van der Waals surface area contributed by atoms with E-state index in [4.69, 9.17) is 11.6 Å². The van der Waals surface area contributed by atoms with E-state index in [1.54, 1.807) is 6.07 Å². The van der Waals surface area contributed by atoms with E-state index in [1.807, 2.05) is 18.0 Å². The molecule has 0 N–H and O–H groups in total. The van der Waals surface area contributed by atoms with E-state index in [0.717, 1.165) is 30.6 Å². The first kappa shape index (κ1) is 15.6. The van der Waals surface area contributed by atoms with E-state index < -0.39 is 0 Å². The zero-order chi connectivity index (χ0) is 15.5. The number of carbonyl (C=O) groups is 1. The molecule has 116 valence electrons. The first-order valence-electron chi connectivity index (χ1n) is 7.72. The van der Waals surface area contributed by atoms with E-state index in [1.165, 1.54) is 16.9 Å². The maximum atomic E-state index is 12.5. The topological polar surface area (TPSA) is 20.3 Å². The van der Waals surface area contributed by atoms with Crippen LogP contribution in [-0.2, 0) is 0 Å². The van der Waals surface area contributed by atoms with Crippen LogP contribution in [0.2, 0.25) is 4.34 Å². The molecule has 2 nitrogen and oxygen atoms in total. The lowest BCUT2D eigenvalue weighted by Gasteiger charge is -2.34. The molecule has 1 aliphatic rings. The lowest BCUT2D eigenvalue weighted by atomic mass is 9.81. The third-order valence-corrected chi connectivity index (χ3v) is 5.84. The Bertz CT molecular complexity index is 632. The first-order valence-corrected chi connectivity index (χ1v) is 8.92. The smallest absolute Gasteiger partial charge is 0.263 e. The highest BCUT2D eigenvalue weighted by atomic mass is 35.5. The minimum Gasteiger partial charge on any atom is -0.338 e. The number of nitrogens with zero attached hydrogens (tertiary/aromatic N) is 1. The standard InChI is InChI=1S/C18H20ClNOS/c1-20(18(21)16-11-12-17(19)22-16)15-9-7-14(8-10-15)13-5-3-2-4-6-13/h2-6,11-12,14-15H,7-10H2,1H3. The van der Waals surface area contributed by atoms with Crippen molar-refractivity contribution in [3.63, 3.8) is 0 Å². The molecule has 0 bridgehead atoms. The highest BCUT2D eigenvalue weighted by Crippen LogP contribution is 2.35. The molecule has 4 heteroatoms. The van der Waals surface area contributed by atoms with Gasteiger partial charge < -0.3 is 4.90 Å². The van der Waals surface area contributed by atoms with Crippen molar-refractivity contribution >= 4 is 28.8 Å². The Labute approximate surface area is 140 Å². The van der Waals surface area contributed by atoms with Crippen LogP contribution < -0.4 is 0 Å². The predicted molar refractivity (Wildman–Crippen MR) is 92.9 cm³/mol. The van der Waals surface area contributed by atoms with Gasteiger partial charge in [-0.3, -0.25) is 4.79 Å². The summed E-state index contributed by atoms with van der Waals surface area (Å²) >= 11 is 7.29. The largest absolute Gasteiger partial charge is 0.338 e. The van der Waals surface area contributed by atoms with Crippen molar-refractivity contribution in [3.05, 3.63) is 57.2 Å². The van der Waals surface area contributed by atoms with Crippen LogP contribution >= 0.6 is 22.9 Å². The van der Waals surface area contributed by atoms with Gasteiger partial charge >= 0.3 is 0 Å². The van der Waals surface area contributed by atoms with Crippen LogP contribution in [0.15, 0.2) is 42.5 Å². The minimum atomic E-state index is 0.0973. The van der Waals surface area contributed by atoms with Gasteiger partial charge in [-0.2, -0.15) is 0 Å². The molecule has 0 atom stereocenters. The van der Waals surface area contributed by atoms with Crippen LogP contribution in [0.5, 0.6) is 0 Å². The fourth-order valence-corrected chi connectivity index (χ4v) is 4.32. The van der Waals surface area contributed by atoms with Crippen molar-refractivity contribution in [1.29, 1.82) is 0 Å². The number of thiophene rings is 1. The average Bonchev–Trinajstić information content (AvgIpc) is 3.01. The van der Waals surface area contributed by atoms with Gasteiger partial charge in [0.25, 0.3) is 5.91 Å². The normalized spacial score (nSPS) is 21.5. The molecule has 0 aliphatic heterocycles. The second-order valence-corrected chi connectivity index (χ2v) is 7.65. The van der Waals surface area contributed by atoms with Gasteiger partial charge in [-0.05, 0) is 49.3 Å². The van der Waals surface area contributed by atoms with Crippen molar-refractivity contribution in [2.45, 2.75) is 37.6 Å². The first-order chi connectivity index (χ1) is 10.6. The SMILES string of the molecule is CN(C(=O)c1ccc(Cl)s1)C1CCC(c2ccccc2)CC1. The van der Waals surface area contributed by atoms with Crippen molar-refractivity contribution in [3.8, 4) is 0 Å². The number of hydrogen-bond donors (Lipinski definition) is 0. The molecule has 3 rings (SSSR count). The maximum Gasteiger partial charge on any atom is 0.263 e. The zero-order valence-corrected chi connectivity index (χ0v) is 14.2. The van der Waals surface area contributed by atoms with Gasteiger partial charge in [-0.25, -0.2) is 0 Å². The van der Waals surface area contributed by atoms with Crippen LogP contribution in [0.25, 0.3) is 0 Å². The molecule has 22 heavy (non-hydrogen) atoms. The summed E-state index contributed by atoms with van der Waals surface area (Å²) < 4.78 is 0.671. The Morgan fingerprint density at radius 1 is 1.09 bits per heavy atom. The maximum absolute atomic E-state index is 12.5. The molecule has 2 aromatic rings. The van der Waals surface area contributed by atoms with Gasteiger partial charge in [0.05, 0.1) is 9.21 Å². The summed E-state index contributed by atoms with van der Waals surface area (Å²) in [5, 5.41) is 0. The summed E-state index contributed by atoms with van der Waals surface area (Å²) in [6.45, 7) is 0. The monoisotopic (exact) mass is 333 g/mol. The van der Waals surface area contributed by atoms with Crippen LogP contribution in [0, 0.1) is 0 Å². The van der Waals surface area contributed by atoms with Crippen molar-refractivity contribution in [2.24, 2.45) is 0 Å². The van der Waals surface area contributed by atoms with Gasteiger partial charge in [-0.15, -0.1) is 11.3 Å². The third kappa shape index (κ3) is 3.36. The molecule has 1 aromatic carbocycles. The lowest BCUT2D eigenvalue weighted by molar-refractivity contribution is 0.0694. The molecule has 1 saturated carbocycles. The fourth-order valence-electron chi connectivity index (χ4n) is 3.29. The van der Waals surface area contributed by atoms with Gasteiger partial charge in [0.1, 0.15) is 0 Å². The van der Waals surface area contributed by atoms with Crippen molar-refractivity contribution < 1.29 is 4.79 Å². The van der Waals surface area contributed by atoms with E-state index in [2.05, 4.69) is 30.3 Å². The molecule has 0 unspecified atom stereocenters. The third-order valence-electron chi connectivity index (χ3n) is 4.62. The van der Waals surface area contributed by atoms with Crippen LogP contribution in [-0.4, -0.2) is 23.9 Å². The van der Waals surface area contributed by atoms with Gasteiger partial charge in [0.2, 0.25) is 0 Å². The molecule has 1 heterocycles. The zero-order valence-electron chi connectivity index (χ0n) is 12.7. The highest BCUT2D eigenvalue weighted by molar-refractivity contribution is 7.17. The number of carbonyl (C=O) groups excluding carboxylic acids is 1. The van der Waals surface area contributed by atoms with E-state index in [-0.39, 0.29) is 5.91 Å². The van der Waals surface area contributed by atoms with E-state index >= 15 is 0 Å². The highest BCUT2D eigenvalue weighted by Gasteiger charge is 2.28. The fraction of sp³-hybridized carbons (Fsp3) is 0.389. The number of rotatable bonds is 3. The van der Waals surface area contributed by atoms with E-state index in [0.29, 0.717) is 16.3 Å². The average molecular weight is 334 g/mol. The summed E-state index contributed by atoms with van der Waals surface area (Å²) in [7, 11) is 1.92. The van der Waals surface area contributed by atoms with Gasteiger partial charge in [-0.1, -0.05) is 41.9 Å². The number of amides is 1. The van der Waals surface area contributed by atoms with Crippen LogP contribution in [0.4, 0.5) is 0 Å². The van der Waals surface area contributed by atoms with Gasteiger partial charge in [0, 0.05) is 13.1 Å². The second kappa shape index (κ2) is 6.84. The molecule has 0 saturated heterocycles. The number of benzene rings is 1. The molecular formula is C18H20ClNOS. The molecule has 1 amide bonds. The Kier molecular flexibility index (Phi) is 4.84. The molecular weight excluding hydrogens is 314 g/mol. The van der Waals surface area contributed by atoms with Crippen molar-refractivity contribution in [2.75, 3.05) is 7.05 Å². The van der Waals surface area contributed by atoms with Crippen molar-refractivity contribution in [1.82, 2.24) is 4.90 Å². The summed E-state index contributed by atoms with van der Waals surface area (Å²) in [6.07, 6.45) is 4.44. The second-order valence-electron chi connectivity index (χ2n) is 5.94. The molecule has 1 aliphatic carbocycles. The number of halogens is 1. The molecule has 0 radical (unpaired) electrons. The lowest BCUT2D eigenvalue weighted by Crippen LogP contribution is -2.38. The summed E-state index contributed by atoms with van der Waals surface area (Å²) in [5.41, 5.74) is 1.43. The Hall–Kier alpha value is -1.32. The van der Waals surface area contributed by atoms with Crippen LogP contribution in [0.1, 0.15) is 46.8 Å². The molecule has 1 fully saturated rings. The quantitative estimate of drug-likeness (QED) is 0.756. The van der Waals surface area contributed by atoms with Crippen LogP contribution in [0.3, 0.4) is 0 Å².